The summed E-state index contributed by atoms with van der Waals surface area (Å²) in [4.78, 5) is 25.6. The van der Waals surface area contributed by atoms with Gasteiger partial charge in [-0.3, -0.25) is 14.9 Å². The van der Waals surface area contributed by atoms with Gasteiger partial charge < -0.3 is 14.8 Å². The molecule has 4 rings (SSSR count). The minimum absolute atomic E-state index is 0.00838. The van der Waals surface area contributed by atoms with Crippen molar-refractivity contribution >= 4 is 28.2 Å². The Hall–Kier alpha value is -3.35. The Labute approximate surface area is 162 Å². The smallest absolute Gasteiger partial charge is 0.293 e. The Balaban J connectivity index is 1.44. The maximum absolute atomic E-state index is 12.5. The lowest BCUT2D eigenvalue weighted by Gasteiger charge is -2.17. The molecule has 7 nitrogen and oxygen atoms in total. The topological polar surface area (TPSA) is 80.4 Å². The SMILES string of the molecule is O=C(NCCn1ccc2ccccc21)c1ccc(N2CCCC2)c([N+](=O)[O-])c1. The number of carbonyl (C=O) groups excluding carboxylic acids is 1. The summed E-state index contributed by atoms with van der Waals surface area (Å²) in [6.45, 7) is 2.71. The van der Waals surface area contributed by atoms with E-state index in [4.69, 9.17) is 0 Å². The number of aromatic nitrogens is 1. The average molecular weight is 378 g/mol. The quantitative estimate of drug-likeness (QED) is 0.525. The number of para-hydroxylation sites is 1. The van der Waals surface area contributed by atoms with Crippen LogP contribution in [0.25, 0.3) is 10.9 Å². The number of carbonyl (C=O) groups is 1. The van der Waals surface area contributed by atoms with E-state index < -0.39 is 4.92 Å². The van der Waals surface area contributed by atoms with Crippen molar-refractivity contribution in [2.45, 2.75) is 19.4 Å². The number of anilines is 1. The van der Waals surface area contributed by atoms with Crippen LogP contribution in [0.15, 0.2) is 54.7 Å². The predicted octanol–water partition coefficient (Wildman–Crippen LogP) is 3.58. The molecule has 1 aromatic heterocycles. The third-order valence-corrected chi connectivity index (χ3v) is 5.20. The Morgan fingerprint density at radius 2 is 1.89 bits per heavy atom. The van der Waals surface area contributed by atoms with Gasteiger partial charge in [-0.1, -0.05) is 18.2 Å². The highest BCUT2D eigenvalue weighted by molar-refractivity contribution is 5.95. The van der Waals surface area contributed by atoms with Crippen molar-refractivity contribution in [3.8, 4) is 0 Å². The molecule has 0 radical (unpaired) electrons. The second-order valence-corrected chi connectivity index (χ2v) is 6.98. The second kappa shape index (κ2) is 7.72. The first kappa shape index (κ1) is 18.0. The van der Waals surface area contributed by atoms with Gasteiger partial charge in [-0.25, -0.2) is 0 Å². The van der Waals surface area contributed by atoms with Crippen molar-refractivity contribution < 1.29 is 9.72 Å². The zero-order valence-corrected chi connectivity index (χ0v) is 15.5. The van der Waals surface area contributed by atoms with Crippen molar-refractivity contribution in [1.82, 2.24) is 9.88 Å². The maximum Gasteiger partial charge on any atom is 0.293 e. The van der Waals surface area contributed by atoms with Gasteiger partial charge in [0.05, 0.1) is 4.92 Å². The van der Waals surface area contributed by atoms with Gasteiger partial charge >= 0.3 is 0 Å². The van der Waals surface area contributed by atoms with Gasteiger partial charge in [0.25, 0.3) is 11.6 Å². The van der Waals surface area contributed by atoms with Crippen LogP contribution in [0.5, 0.6) is 0 Å². The number of nitrogens with one attached hydrogen (secondary N) is 1. The van der Waals surface area contributed by atoms with Crippen molar-refractivity contribution in [1.29, 1.82) is 0 Å². The summed E-state index contributed by atoms with van der Waals surface area (Å²) in [6.07, 6.45) is 4.06. The van der Waals surface area contributed by atoms with Gasteiger partial charge in [-0.05, 0) is 42.5 Å². The number of nitrogens with zero attached hydrogens (tertiary/aromatic N) is 3. The van der Waals surface area contributed by atoms with Crippen LogP contribution in [-0.2, 0) is 6.54 Å². The average Bonchev–Trinajstić information content (AvgIpc) is 3.38. The van der Waals surface area contributed by atoms with E-state index in [0.717, 1.165) is 36.8 Å². The van der Waals surface area contributed by atoms with E-state index in [0.29, 0.717) is 24.3 Å². The summed E-state index contributed by atoms with van der Waals surface area (Å²) in [5.74, 6) is -0.299. The van der Waals surface area contributed by atoms with E-state index in [1.165, 1.54) is 6.07 Å². The molecule has 28 heavy (non-hydrogen) atoms. The third kappa shape index (κ3) is 3.55. The van der Waals surface area contributed by atoms with Crippen LogP contribution in [0.2, 0.25) is 0 Å². The molecule has 1 amide bonds. The molecule has 0 saturated carbocycles. The molecule has 7 heteroatoms. The highest BCUT2D eigenvalue weighted by atomic mass is 16.6. The molecule has 1 aliphatic heterocycles. The Morgan fingerprint density at radius 3 is 2.68 bits per heavy atom. The summed E-state index contributed by atoms with van der Waals surface area (Å²) >= 11 is 0. The van der Waals surface area contributed by atoms with E-state index in [1.807, 2.05) is 41.4 Å². The molecule has 1 fully saturated rings. The highest BCUT2D eigenvalue weighted by Gasteiger charge is 2.23. The molecule has 0 aliphatic carbocycles. The van der Waals surface area contributed by atoms with Crippen molar-refractivity contribution in [3.63, 3.8) is 0 Å². The molecule has 2 aromatic carbocycles. The predicted molar refractivity (Wildman–Crippen MR) is 109 cm³/mol. The van der Waals surface area contributed by atoms with Crippen LogP contribution in [0, 0.1) is 10.1 Å². The molecule has 3 aromatic rings. The van der Waals surface area contributed by atoms with E-state index >= 15 is 0 Å². The summed E-state index contributed by atoms with van der Waals surface area (Å²) in [7, 11) is 0. The summed E-state index contributed by atoms with van der Waals surface area (Å²) in [5.41, 5.74) is 2.01. The first-order valence-electron chi connectivity index (χ1n) is 9.49. The number of nitro benzene ring substituents is 1. The Kier molecular flexibility index (Phi) is 4.97. The van der Waals surface area contributed by atoms with Gasteiger partial charge in [0.2, 0.25) is 0 Å². The van der Waals surface area contributed by atoms with Gasteiger partial charge in [-0.2, -0.15) is 0 Å². The van der Waals surface area contributed by atoms with Crippen LogP contribution < -0.4 is 10.2 Å². The van der Waals surface area contributed by atoms with E-state index in [9.17, 15) is 14.9 Å². The zero-order chi connectivity index (χ0) is 19.5. The molecule has 0 bridgehead atoms. The first-order chi connectivity index (χ1) is 13.6. The fourth-order valence-electron chi connectivity index (χ4n) is 3.76. The number of fused-ring (bicyclic) bond motifs is 1. The molecule has 1 saturated heterocycles. The molecule has 1 N–H and O–H groups in total. The lowest BCUT2D eigenvalue weighted by Crippen LogP contribution is -2.27. The molecule has 2 heterocycles. The van der Waals surface area contributed by atoms with Gasteiger partial charge in [0, 0.05) is 49.5 Å². The molecule has 0 unspecified atom stereocenters. The van der Waals surface area contributed by atoms with Gasteiger partial charge in [0.1, 0.15) is 5.69 Å². The lowest BCUT2D eigenvalue weighted by molar-refractivity contribution is -0.384. The molecular weight excluding hydrogens is 356 g/mol. The van der Waals surface area contributed by atoms with Crippen LogP contribution >= 0.6 is 0 Å². The number of benzene rings is 2. The van der Waals surface area contributed by atoms with Crippen molar-refractivity contribution in [2.75, 3.05) is 24.5 Å². The fourth-order valence-corrected chi connectivity index (χ4v) is 3.76. The lowest BCUT2D eigenvalue weighted by atomic mass is 10.1. The molecular formula is C21H22N4O3. The molecule has 144 valence electrons. The highest BCUT2D eigenvalue weighted by Crippen LogP contribution is 2.31. The normalized spacial score (nSPS) is 13.8. The maximum atomic E-state index is 12.5. The summed E-state index contributed by atoms with van der Waals surface area (Å²) < 4.78 is 2.08. The third-order valence-electron chi connectivity index (χ3n) is 5.20. The first-order valence-corrected chi connectivity index (χ1v) is 9.49. The Morgan fingerprint density at radius 1 is 1.11 bits per heavy atom. The number of amides is 1. The van der Waals surface area contributed by atoms with Crippen LogP contribution in [0.4, 0.5) is 11.4 Å². The minimum Gasteiger partial charge on any atom is -0.366 e. The van der Waals surface area contributed by atoms with Gasteiger partial charge in [0.15, 0.2) is 0 Å². The number of hydrogen-bond donors (Lipinski definition) is 1. The van der Waals surface area contributed by atoms with E-state index in [1.54, 1.807) is 12.1 Å². The summed E-state index contributed by atoms with van der Waals surface area (Å²) in [6, 6.07) is 14.8. The molecule has 0 spiro atoms. The van der Waals surface area contributed by atoms with Crippen molar-refractivity contribution in [2.24, 2.45) is 0 Å². The number of rotatable bonds is 6. The fraction of sp³-hybridized carbons (Fsp3) is 0.286. The summed E-state index contributed by atoms with van der Waals surface area (Å²) in [5, 5.41) is 15.5. The van der Waals surface area contributed by atoms with Gasteiger partial charge in [-0.15, -0.1) is 0 Å². The van der Waals surface area contributed by atoms with Crippen molar-refractivity contribution in [3.05, 3.63) is 70.4 Å². The van der Waals surface area contributed by atoms with Crippen LogP contribution in [0.3, 0.4) is 0 Å². The molecule has 1 aliphatic rings. The molecule has 0 atom stereocenters. The largest absolute Gasteiger partial charge is 0.366 e. The van der Waals surface area contributed by atoms with E-state index in [2.05, 4.69) is 9.88 Å². The van der Waals surface area contributed by atoms with Crippen LogP contribution in [-0.4, -0.2) is 35.0 Å². The van der Waals surface area contributed by atoms with E-state index in [-0.39, 0.29) is 11.6 Å². The second-order valence-electron chi connectivity index (χ2n) is 6.98. The van der Waals surface area contributed by atoms with Crippen LogP contribution in [0.1, 0.15) is 23.2 Å². The minimum atomic E-state index is -0.406. The standard InChI is InChI=1S/C21H22N4O3/c26-21(22-10-14-24-13-9-16-5-1-2-6-18(16)24)17-7-8-19(20(15-17)25(27)28)23-11-3-4-12-23/h1-2,5-9,13,15H,3-4,10-12,14H2,(H,22,26). The zero-order valence-electron chi connectivity index (χ0n) is 15.5. The Bertz CT molecular complexity index is 1020. The number of nitro groups is 1. The monoisotopic (exact) mass is 378 g/mol. The number of hydrogen-bond acceptors (Lipinski definition) is 4.